The van der Waals surface area contributed by atoms with E-state index < -0.39 is 0 Å². The summed E-state index contributed by atoms with van der Waals surface area (Å²) in [5, 5.41) is 4.47. The normalized spacial score (nSPS) is 15.2. The second-order valence-corrected chi connectivity index (χ2v) is 6.36. The molecular weight excluding hydrogens is 304 g/mol. The van der Waals surface area contributed by atoms with Crippen molar-refractivity contribution in [1.82, 2.24) is 14.4 Å². The number of anilines is 1. The van der Waals surface area contributed by atoms with Crippen LogP contribution in [-0.4, -0.2) is 33.5 Å². The van der Waals surface area contributed by atoms with Gasteiger partial charge in [-0.05, 0) is 38.0 Å². The molecule has 0 bridgehead atoms. The van der Waals surface area contributed by atoms with Crippen LogP contribution in [0.15, 0.2) is 24.4 Å². The molecule has 2 heterocycles. The van der Waals surface area contributed by atoms with Gasteiger partial charge < -0.3 is 10.1 Å². The molecule has 2 aromatic heterocycles. The van der Waals surface area contributed by atoms with Gasteiger partial charge in [0, 0.05) is 17.6 Å². The van der Waals surface area contributed by atoms with E-state index >= 15 is 0 Å². The number of hydrogen-bond acceptors (Lipinski definition) is 5. The van der Waals surface area contributed by atoms with E-state index in [1.165, 1.54) is 20.0 Å². The van der Waals surface area contributed by atoms with Crippen molar-refractivity contribution in [1.29, 1.82) is 0 Å². The number of carbonyl (C=O) groups excluding carboxylic acids is 1. The Kier molecular flexibility index (Phi) is 3.59. The van der Waals surface area contributed by atoms with Crippen molar-refractivity contribution in [2.24, 2.45) is 0 Å². The Morgan fingerprint density at radius 1 is 1.29 bits per heavy atom. The van der Waals surface area contributed by atoms with Crippen molar-refractivity contribution in [2.45, 2.75) is 38.6 Å². The number of methoxy groups -OCH3 is 1. The maximum absolute atomic E-state index is 11.8. The number of imidazole rings is 1. The zero-order valence-electron chi connectivity index (χ0n) is 13.9. The van der Waals surface area contributed by atoms with Gasteiger partial charge in [-0.3, -0.25) is 4.40 Å². The van der Waals surface area contributed by atoms with Gasteiger partial charge in [0.1, 0.15) is 5.65 Å². The second kappa shape index (κ2) is 5.78. The van der Waals surface area contributed by atoms with Crippen LogP contribution < -0.4 is 5.32 Å². The smallest absolute Gasteiger partial charge is 0.337 e. The van der Waals surface area contributed by atoms with E-state index in [9.17, 15) is 4.79 Å². The van der Waals surface area contributed by atoms with Gasteiger partial charge in [0.15, 0.2) is 0 Å². The summed E-state index contributed by atoms with van der Waals surface area (Å²) in [5.41, 5.74) is 3.04. The van der Waals surface area contributed by atoms with E-state index in [1.807, 2.05) is 23.6 Å². The van der Waals surface area contributed by atoms with E-state index in [0.29, 0.717) is 11.6 Å². The molecule has 6 nitrogen and oxygen atoms in total. The third-order valence-electron chi connectivity index (χ3n) is 4.63. The summed E-state index contributed by atoms with van der Waals surface area (Å²) in [6.45, 7) is 1.97. The molecule has 0 spiro atoms. The van der Waals surface area contributed by atoms with Crippen molar-refractivity contribution in [3.8, 4) is 0 Å². The lowest BCUT2D eigenvalue weighted by atomic mass is 10.1. The number of benzene rings is 1. The highest BCUT2D eigenvalue weighted by Crippen LogP contribution is 2.26. The van der Waals surface area contributed by atoms with Crippen LogP contribution in [0.3, 0.4) is 0 Å². The first-order valence-corrected chi connectivity index (χ1v) is 8.30. The van der Waals surface area contributed by atoms with E-state index in [-0.39, 0.29) is 5.97 Å². The third-order valence-corrected chi connectivity index (χ3v) is 4.63. The summed E-state index contributed by atoms with van der Waals surface area (Å²) in [6.07, 6.45) is 6.83. The van der Waals surface area contributed by atoms with Gasteiger partial charge in [-0.15, -0.1) is 0 Å². The van der Waals surface area contributed by atoms with Gasteiger partial charge in [0.2, 0.25) is 5.95 Å². The van der Waals surface area contributed by atoms with Crippen LogP contribution in [-0.2, 0) is 4.74 Å². The average molecular weight is 324 g/mol. The number of nitrogens with zero attached hydrogens (tertiary/aromatic N) is 3. The summed E-state index contributed by atoms with van der Waals surface area (Å²) in [4.78, 5) is 21.2. The van der Waals surface area contributed by atoms with Crippen LogP contribution >= 0.6 is 0 Å². The fourth-order valence-corrected chi connectivity index (χ4v) is 3.43. The molecule has 0 saturated heterocycles. The molecule has 1 N–H and O–H groups in total. The molecule has 1 aromatic carbocycles. The van der Waals surface area contributed by atoms with Crippen molar-refractivity contribution in [3.63, 3.8) is 0 Å². The van der Waals surface area contributed by atoms with Crippen molar-refractivity contribution >= 4 is 28.5 Å². The zero-order chi connectivity index (χ0) is 16.7. The molecule has 124 valence electrons. The average Bonchev–Trinajstić information content (AvgIpc) is 3.23. The summed E-state index contributed by atoms with van der Waals surface area (Å²) >= 11 is 0. The number of aromatic nitrogens is 3. The number of aryl methyl sites for hydroxylation is 1. The Labute approximate surface area is 139 Å². The van der Waals surface area contributed by atoms with Crippen LogP contribution in [0.1, 0.15) is 41.7 Å². The molecular formula is C18H20N4O2. The lowest BCUT2D eigenvalue weighted by Gasteiger charge is -2.15. The molecule has 3 aromatic rings. The number of carbonyl (C=O) groups is 1. The van der Waals surface area contributed by atoms with Crippen molar-refractivity contribution in [2.75, 3.05) is 12.4 Å². The standard InChI is InChI=1S/C18H20N4O2/c1-11-10-22-16(19-11)14-8-7-12(17(23)24-2)9-15(14)21-18(22)20-13-5-3-4-6-13/h7-10,13H,3-6H2,1-2H3,(H,20,21). The Hall–Kier alpha value is -2.63. The number of ether oxygens (including phenoxy) is 1. The number of nitrogens with one attached hydrogen (secondary N) is 1. The van der Waals surface area contributed by atoms with Crippen LogP contribution in [0.2, 0.25) is 0 Å². The molecule has 0 radical (unpaired) electrons. The molecule has 0 amide bonds. The number of rotatable bonds is 3. The predicted octanol–water partition coefficient (Wildman–Crippen LogP) is 3.33. The molecule has 1 fully saturated rings. The largest absolute Gasteiger partial charge is 0.465 e. The molecule has 1 saturated carbocycles. The van der Waals surface area contributed by atoms with Crippen molar-refractivity contribution < 1.29 is 9.53 Å². The lowest BCUT2D eigenvalue weighted by Crippen LogP contribution is -2.18. The summed E-state index contributed by atoms with van der Waals surface area (Å²) in [7, 11) is 1.38. The van der Waals surface area contributed by atoms with Gasteiger partial charge in [-0.25, -0.2) is 14.8 Å². The monoisotopic (exact) mass is 324 g/mol. The van der Waals surface area contributed by atoms with E-state index in [1.54, 1.807) is 12.1 Å². The molecule has 0 aliphatic heterocycles. The van der Waals surface area contributed by atoms with E-state index in [0.717, 1.165) is 41.0 Å². The Morgan fingerprint density at radius 3 is 2.83 bits per heavy atom. The Bertz CT molecular complexity index is 926. The first-order valence-electron chi connectivity index (χ1n) is 8.30. The molecule has 0 atom stereocenters. The molecule has 0 unspecified atom stereocenters. The summed E-state index contributed by atoms with van der Waals surface area (Å²) < 4.78 is 6.82. The number of fused-ring (bicyclic) bond motifs is 3. The minimum Gasteiger partial charge on any atom is -0.465 e. The lowest BCUT2D eigenvalue weighted by molar-refractivity contribution is 0.0601. The molecule has 6 heteroatoms. The quantitative estimate of drug-likeness (QED) is 0.748. The van der Waals surface area contributed by atoms with E-state index in [4.69, 9.17) is 9.72 Å². The molecule has 1 aliphatic rings. The number of esters is 1. The molecule has 24 heavy (non-hydrogen) atoms. The Morgan fingerprint density at radius 2 is 2.08 bits per heavy atom. The zero-order valence-corrected chi connectivity index (χ0v) is 13.9. The van der Waals surface area contributed by atoms with Gasteiger partial charge in [0.05, 0.1) is 23.9 Å². The van der Waals surface area contributed by atoms with Crippen molar-refractivity contribution in [3.05, 3.63) is 35.7 Å². The highest BCUT2D eigenvalue weighted by atomic mass is 16.5. The number of hydrogen-bond donors (Lipinski definition) is 1. The van der Waals surface area contributed by atoms with E-state index in [2.05, 4.69) is 10.3 Å². The minimum atomic E-state index is -0.358. The van der Waals surface area contributed by atoms with Crippen LogP contribution in [0.4, 0.5) is 5.95 Å². The fraction of sp³-hybridized carbons (Fsp3) is 0.389. The SMILES string of the molecule is COC(=O)c1ccc2c(c1)nc(NC1CCCC1)n1cc(C)nc21. The third kappa shape index (κ3) is 2.48. The van der Waals surface area contributed by atoms with Crippen LogP contribution in [0.25, 0.3) is 16.6 Å². The first kappa shape index (κ1) is 14.9. The molecule has 4 rings (SSSR count). The van der Waals surface area contributed by atoms with Crippen LogP contribution in [0.5, 0.6) is 0 Å². The summed E-state index contributed by atoms with van der Waals surface area (Å²) in [6, 6.07) is 5.86. The topological polar surface area (TPSA) is 68.5 Å². The second-order valence-electron chi connectivity index (χ2n) is 6.36. The van der Waals surface area contributed by atoms with Gasteiger partial charge in [0.25, 0.3) is 0 Å². The minimum absolute atomic E-state index is 0.358. The van der Waals surface area contributed by atoms with Gasteiger partial charge in [-0.2, -0.15) is 0 Å². The maximum Gasteiger partial charge on any atom is 0.337 e. The maximum atomic E-state index is 11.8. The van der Waals surface area contributed by atoms with Crippen LogP contribution in [0, 0.1) is 6.92 Å². The summed E-state index contributed by atoms with van der Waals surface area (Å²) in [5.74, 6) is 0.426. The van der Waals surface area contributed by atoms with Gasteiger partial charge >= 0.3 is 5.97 Å². The highest BCUT2D eigenvalue weighted by molar-refractivity contribution is 5.98. The molecule has 1 aliphatic carbocycles. The highest BCUT2D eigenvalue weighted by Gasteiger charge is 2.18. The predicted molar refractivity (Wildman–Crippen MR) is 92.4 cm³/mol. The Balaban J connectivity index is 1.89. The fourth-order valence-electron chi connectivity index (χ4n) is 3.43. The van der Waals surface area contributed by atoms with Gasteiger partial charge in [-0.1, -0.05) is 12.8 Å². The first-order chi connectivity index (χ1) is 11.7.